The minimum atomic E-state index is 0.0451. The van der Waals surface area contributed by atoms with E-state index in [2.05, 4.69) is 0 Å². The number of carbonyl (C=O) groups is 1. The van der Waals surface area contributed by atoms with E-state index in [-0.39, 0.29) is 5.78 Å². The minimum Gasteiger partial charge on any atom is -0.288 e. The van der Waals surface area contributed by atoms with Gasteiger partial charge in [0.2, 0.25) is 5.78 Å². The fourth-order valence-corrected chi connectivity index (χ4v) is 2.64. The summed E-state index contributed by atoms with van der Waals surface area (Å²) in [5.41, 5.74) is 1.81. The molecule has 0 fully saturated rings. The number of benzene rings is 1. The third kappa shape index (κ3) is 2.18. The second-order valence-electron chi connectivity index (χ2n) is 3.69. The van der Waals surface area contributed by atoms with E-state index in [0.29, 0.717) is 10.6 Å². The van der Waals surface area contributed by atoms with Crippen molar-refractivity contribution in [2.45, 2.75) is 13.8 Å². The van der Waals surface area contributed by atoms with Crippen molar-refractivity contribution in [3.63, 3.8) is 0 Å². The fraction of sp³-hybridized carbons (Fsp3) is 0.154. The van der Waals surface area contributed by atoms with Crippen LogP contribution in [0, 0.1) is 13.8 Å². The molecule has 0 unspecified atom stereocenters. The lowest BCUT2D eigenvalue weighted by Crippen LogP contribution is -1.97. The van der Waals surface area contributed by atoms with E-state index in [9.17, 15) is 4.79 Å². The van der Waals surface area contributed by atoms with E-state index in [4.69, 9.17) is 11.6 Å². The average Bonchev–Trinajstić information content (AvgIpc) is 2.58. The Morgan fingerprint density at radius 2 is 2.00 bits per heavy atom. The zero-order valence-corrected chi connectivity index (χ0v) is 10.7. The van der Waals surface area contributed by atoms with Crippen molar-refractivity contribution in [2.75, 3.05) is 0 Å². The molecule has 1 aromatic heterocycles. The van der Waals surface area contributed by atoms with Crippen molar-refractivity contribution in [3.8, 4) is 0 Å². The highest BCUT2D eigenvalue weighted by atomic mass is 35.5. The van der Waals surface area contributed by atoms with Crippen LogP contribution in [0.2, 0.25) is 5.02 Å². The average molecular weight is 251 g/mol. The molecule has 0 bridgehead atoms. The van der Waals surface area contributed by atoms with Gasteiger partial charge >= 0.3 is 0 Å². The van der Waals surface area contributed by atoms with Gasteiger partial charge in [-0.3, -0.25) is 4.79 Å². The number of thiophene rings is 1. The summed E-state index contributed by atoms with van der Waals surface area (Å²) in [5.74, 6) is 0.0451. The van der Waals surface area contributed by atoms with Crippen molar-refractivity contribution < 1.29 is 4.79 Å². The number of rotatable bonds is 2. The molecule has 3 heteroatoms. The molecule has 0 saturated heterocycles. The summed E-state index contributed by atoms with van der Waals surface area (Å²) in [6, 6.07) is 8.99. The molecule has 0 spiro atoms. The Kier molecular flexibility index (Phi) is 3.13. The molecule has 0 atom stereocenters. The molecule has 0 aliphatic rings. The number of halogens is 1. The molecule has 0 N–H and O–H groups in total. The van der Waals surface area contributed by atoms with Gasteiger partial charge in [-0.25, -0.2) is 0 Å². The molecule has 1 heterocycles. The molecule has 2 aromatic rings. The number of aryl methyl sites for hydroxylation is 2. The van der Waals surface area contributed by atoms with Crippen LogP contribution in [0.15, 0.2) is 30.3 Å². The van der Waals surface area contributed by atoms with Gasteiger partial charge in [0.25, 0.3) is 0 Å². The van der Waals surface area contributed by atoms with Crippen LogP contribution in [-0.2, 0) is 0 Å². The van der Waals surface area contributed by atoms with Gasteiger partial charge in [0, 0.05) is 15.5 Å². The predicted octanol–water partition coefficient (Wildman–Crippen LogP) is 4.25. The fourth-order valence-electron chi connectivity index (χ4n) is 1.46. The van der Waals surface area contributed by atoms with Crippen LogP contribution in [0.1, 0.15) is 25.7 Å². The first kappa shape index (κ1) is 11.4. The second kappa shape index (κ2) is 4.40. The maximum absolute atomic E-state index is 12.1. The van der Waals surface area contributed by atoms with Crippen LogP contribution in [0.3, 0.4) is 0 Å². The van der Waals surface area contributed by atoms with Gasteiger partial charge in [0.15, 0.2) is 0 Å². The monoisotopic (exact) mass is 250 g/mol. The lowest BCUT2D eigenvalue weighted by Gasteiger charge is -1.98. The third-order valence-electron chi connectivity index (χ3n) is 2.48. The Balaban J connectivity index is 2.39. The first-order valence-corrected chi connectivity index (χ1v) is 6.14. The summed E-state index contributed by atoms with van der Waals surface area (Å²) in [6.07, 6.45) is 0. The molecule has 0 aliphatic carbocycles. The second-order valence-corrected chi connectivity index (χ2v) is 5.38. The van der Waals surface area contributed by atoms with Gasteiger partial charge in [-0.05, 0) is 37.6 Å². The largest absolute Gasteiger partial charge is 0.288 e. The van der Waals surface area contributed by atoms with Crippen molar-refractivity contribution in [1.29, 1.82) is 0 Å². The van der Waals surface area contributed by atoms with Crippen molar-refractivity contribution in [3.05, 3.63) is 56.2 Å². The number of ketones is 1. The van der Waals surface area contributed by atoms with Crippen LogP contribution in [0.25, 0.3) is 0 Å². The van der Waals surface area contributed by atoms with E-state index in [1.807, 2.05) is 19.9 Å². The lowest BCUT2D eigenvalue weighted by atomic mass is 10.1. The van der Waals surface area contributed by atoms with Crippen molar-refractivity contribution in [1.82, 2.24) is 0 Å². The Morgan fingerprint density at radius 3 is 2.56 bits per heavy atom. The highest BCUT2D eigenvalue weighted by Gasteiger charge is 2.12. The van der Waals surface area contributed by atoms with Crippen molar-refractivity contribution >= 4 is 28.7 Å². The van der Waals surface area contributed by atoms with Crippen molar-refractivity contribution in [2.24, 2.45) is 0 Å². The van der Waals surface area contributed by atoms with Gasteiger partial charge in [0.1, 0.15) is 0 Å². The third-order valence-corrected chi connectivity index (χ3v) is 3.86. The summed E-state index contributed by atoms with van der Waals surface area (Å²) in [5, 5.41) is 0.593. The molecule has 1 aromatic carbocycles. The molecular weight excluding hydrogens is 240 g/mol. The maximum Gasteiger partial charge on any atom is 0.203 e. The van der Waals surface area contributed by atoms with Gasteiger partial charge < -0.3 is 0 Å². The Morgan fingerprint density at radius 1 is 1.25 bits per heavy atom. The highest BCUT2D eigenvalue weighted by molar-refractivity contribution is 7.14. The Labute approximate surface area is 104 Å². The molecule has 82 valence electrons. The number of hydrogen-bond acceptors (Lipinski definition) is 2. The van der Waals surface area contributed by atoms with E-state index in [1.165, 1.54) is 16.2 Å². The normalized spacial score (nSPS) is 10.4. The summed E-state index contributed by atoms with van der Waals surface area (Å²) in [7, 11) is 0. The highest BCUT2D eigenvalue weighted by Crippen LogP contribution is 2.24. The van der Waals surface area contributed by atoms with E-state index in [1.54, 1.807) is 24.3 Å². The first-order chi connectivity index (χ1) is 7.58. The van der Waals surface area contributed by atoms with Crippen LogP contribution < -0.4 is 0 Å². The summed E-state index contributed by atoms with van der Waals surface area (Å²) < 4.78 is 0. The lowest BCUT2D eigenvalue weighted by molar-refractivity contribution is 0.104. The van der Waals surface area contributed by atoms with E-state index in [0.717, 1.165) is 10.4 Å². The Bertz CT molecular complexity index is 523. The number of carbonyl (C=O) groups excluding carboxylic acids is 1. The van der Waals surface area contributed by atoms with Gasteiger partial charge in [-0.15, -0.1) is 11.3 Å². The van der Waals surface area contributed by atoms with Gasteiger partial charge in [0.05, 0.1) is 4.88 Å². The molecule has 0 amide bonds. The summed E-state index contributed by atoms with van der Waals surface area (Å²) in [6.45, 7) is 4.04. The molecular formula is C13H11ClOS. The van der Waals surface area contributed by atoms with Crippen LogP contribution in [-0.4, -0.2) is 5.78 Å². The smallest absolute Gasteiger partial charge is 0.203 e. The molecule has 2 rings (SSSR count). The van der Waals surface area contributed by atoms with Crippen LogP contribution in [0.4, 0.5) is 0 Å². The SMILES string of the molecule is Cc1cc(C(=O)c2cccc(Cl)c2)sc1C. The summed E-state index contributed by atoms with van der Waals surface area (Å²) >= 11 is 7.39. The molecule has 0 radical (unpaired) electrons. The maximum atomic E-state index is 12.1. The zero-order chi connectivity index (χ0) is 11.7. The topological polar surface area (TPSA) is 17.1 Å². The quantitative estimate of drug-likeness (QED) is 0.729. The zero-order valence-electron chi connectivity index (χ0n) is 9.08. The van der Waals surface area contributed by atoms with E-state index >= 15 is 0 Å². The van der Waals surface area contributed by atoms with Crippen LogP contribution >= 0.6 is 22.9 Å². The van der Waals surface area contributed by atoms with Gasteiger partial charge in [-0.2, -0.15) is 0 Å². The van der Waals surface area contributed by atoms with E-state index < -0.39 is 0 Å². The standard InChI is InChI=1S/C13H11ClOS/c1-8-6-12(16-9(8)2)13(15)10-4-3-5-11(14)7-10/h3-7H,1-2H3. The molecule has 0 saturated carbocycles. The summed E-state index contributed by atoms with van der Waals surface area (Å²) in [4.78, 5) is 14.1. The Hall–Kier alpha value is -1.12. The molecule has 0 aliphatic heterocycles. The molecule has 16 heavy (non-hydrogen) atoms. The van der Waals surface area contributed by atoms with Crippen LogP contribution in [0.5, 0.6) is 0 Å². The predicted molar refractivity (Wildman–Crippen MR) is 68.7 cm³/mol. The van der Waals surface area contributed by atoms with Gasteiger partial charge in [-0.1, -0.05) is 23.7 Å². The first-order valence-electron chi connectivity index (χ1n) is 4.95. The molecule has 1 nitrogen and oxygen atoms in total. The minimum absolute atomic E-state index is 0.0451. The number of hydrogen-bond donors (Lipinski definition) is 0.